The van der Waals surface area contributed by atoms with Crippen LogP contribution in [0.15, 0.2) is 0 Å². The van der Waals surface area contributed by atoms with E-state index in [9.17, 15) is 9.59 Å². The molecule has 0 rings (SSSR count). The van der Waals surface area contributed by atoms with E-state index in [1.165, 1.54) is 0 Å². The van der Waals surface area contributed by atoms with Crippen molar-refractivity contribution in [2.24, 2.45) is 11.7 Å². The third kappa shape index (κ3) is 4.73. The molecule has 0 aromatic heterocycles. The van der Waals surface area contributed by atoms with Crippen LogP contribution in [-0.4, -0.2) is 30.1 Å². The van der Waals surface area contributed by atoms with Gasteiger partial charge < -0.3 is 15.8 Å². The van der Waals surface area contributed by atoms with Crippen LogP contribution in [0.3, 0.4) is 0 Å². The second kappa shape index (κ2) is 6.59. The molecule has 5 nitrogen and oxygen atoms in total. The van der Waals surface area contributed by atoms with Crippen LogP contribution in [-0.2, 0) is 14.3 Å². The number of esters is 1. The Kier molecular flexibility index (Phi) is 6.16. The number of carbonyl (C=O) groups excluding carboxylic acids is 2. The normalized spacial score (nSPS) is 16.2. The van der Waals surface area contributed by atoms with Gasteiger partial charge in [-0.15, -0.1) is 0 Å². The van der Waals surface area contributed by atoms with Crippen LogP contribution in [0.1, 0.15) is 41.0 Å². The molecule has 0 saturated carbocycles. The fraction of sp³-hybridized carbons (Fsp3) is 0.833. The summed E-state index contributed by atoms with van der Waals surface area (Å²) in [6.45, 7) is 9.20. The Hall–Kier alpha value is -1.10. The summed E-state index contributed by atoms with van der Waals surface area (Å²) in [4.78, 5) is 23.5. The number of rotatable bonds is 6. The quantitative estimate of drug-likeness (QED) is 0.678. The van der Waals surface area contributed by atoms with Gasteiger partial charge in [0.1, 0.15) is 6.04 Å². The maximum Gasteiger partial charge on any atom is 0.328 e. The van der Waals surface area contributed by atoms with Crippen molar-refractivity contribution < 1.29 is 14.3 Å². The lowest BCUT2D eigenvalue weighted by atomic mass is 9.97. The molecule has 5 heteroatoms. The summed E-state index contributed by atoms with van der Waals surface area (Å²) in [5, 5.41) is 2.65. The highest BCUT2D eigenvalue weighted by Crippen LogP contribution is 2.09. The van der Waals surface area contributed by atoms with E-state index in [1.807, 2.05) is 20.8 Å². The first-order valence-corrected chi connectivity index (χ1v) is 6.02. The highest BCUT2D eigenvalue weighted by atomic mass is 16.5. The van der Waals surface area contributed by atoms with Gasteiger partial charge in [-0.2, -0.15) is 0 Å². The topological polar surface area (TPSA) is 81.4 Å². The van der Waals surface area contributed by atoms with Crippen molar-refractivity contribution in [3.8, 4) is 0 Å². The minimum Gasteiger partial charge on any atom is -0.464 e. The van der Waals surface area contributed by atoms with Crippen LogP contribution in [0.4, 0.5) is 0 Å². The minimum absolute atomic E-state index is 0.0364. The van der Waals surface area contributed by atoms with E-state index in [0.717, 1.165) is 0 Å². The lowest BCUT2D eigenvalue weighted by Crippen LogP contribution is -2.56. The lowest BCUT2D eigenvalue weighted by Gasteiger charge is -2.27. The van der Waals surface area contributed by atoms with E-state index in [-0.39, 0.29) is 11.8 Å². The summed E-state index contributed by atoms with van der Waals surface area (Å²) in [7, 11) is 0. The van der Waals surface area contributed by atoms with Crippen LogP contribution >= 0.6 is 0 Å². The summed E-state index contributed by atoms with van der Waals surface area (Å²) in [5.74, 6) is -0.778. The van der Waals surface area contributed by atoms with E-state index < -0.39 is 17.6 Å². The van der Waals surface area contributed by atoms with E-state index in [0.29, 0.717) is 13.0 Å². The number of hydrogen-bond donors (Lipinski definition) is 2. The molecule has 0 aliphatic rings. The molecule has 0 aromatic carbocycles. The molecular weight excluding hydrogens is 220 g/mol. The van der Waals surface area contributed by atoms with Gasteiger partial charge in [0.2, 0.25) is 5.91 Å². The zero-order chi connectivity index (χ0) is 13.6. The van der Waals surface area contributed by atoms with E-state index >= 15 is 0 Å². The number of amides is 1. The van der Waals surface area contributed by atoms with Crippen molar-refractivity contribution >= 4 is 11.9 Å². The van der Waals surface area contributed by atoms with Crippen LogP contribution < -0.4 is 11.1 Å². The Balaban J connectivity index is 4.67. The zero-order valence-corrected chi connectivity index (χ0v) is 11.4. The summed E-state index contributed by atoms with van der Waals surface area (Å²) >= 11 is 0. The molecule has 17 heavy (non-hydrogen) atoms. The molecular formula is C12H24N2O3. The Bertz CT molecular complexity index is 275. The largest absolute Gasteiger partial charge is 0.464 e. The maximum absolute atomic E-state index is 11.9. The molecule has 0 radical (unpaired) electrons. The Morgan fingerprint density at radius 2 is 1.88 bits per heavy atom. The molecule has 100 valence electrons. The average molecular weight is 244 g/mol. The van der Waals surface area contributed by atoms with Crippen LogP contribution in [0.2, 0.25) is 0 Å². The number of nitrogens with one attached hydrogen (secondary N) is 1. The van der Waals surface area contributed by atoms with Crippen molar-refractivity contribution in [1.82, 2.24) is 5.32 Å². The van der Waals surface area contributed by atoms with Crippen LogP contribution in [0.25, 0.3) is 0 Å². The summed E-state index contributed by atoms with van der Waals surface area (Å²) < 4.78 is 4.92. The van der Waals surface area contributed by atoms with E-state index in [1.54, 1.807) is 13.8 Å². The van der Waals surface area contributed by atoms with Crippen molar-refractivity contribution in [1.29, 1.82) is 0 Å². The Labute approximate surface area is 103 Å². The first kappa shape index (κ1) is 15.9. The molecule has 0 saturated heterocycles. The van der Waals surface area contributed by atoms with Crippen molar-refractivity contribution in [2.75, 3.05) is 6.61 Å². The van der Waals surface area contributed by atoms with Crippen molar-refractivity contribution in [2.45, 2.75) is 52.6 Å². The highest BCUT2D eigenvalue weighted by Gasteiger charge is 2.32. The van der Waals surface area contributed by atoms with Gasteiger partial charge >= 0.3 is 5.97 Å². The molecule has 1 amide bonds. The predicted octanol–water partition coefficient (Wildman–Crippen LogP) is 0.818. The fourth-order valence-corrected chi connectivity index (χ4v) is 1.20. The molecule has 0 heterocycles. The number of ether oxygens (including phenoxy) is 1. The fourth-order valence-electron chi connectivity index (χ4n) is 1.20. The second-order valence-corrected chi connectivity index (χ2v) is 4.72. The monoisotopic (exact) mass is 244 g/mol. The van der Waals surface area contributed by atoms with Gasteiger partial charge in [0, 0.05) is 0 Å². The first-order valence-electron chi connectivity index (χ1n) is 6.02. The van der Waals surface area contributed by atoms with Gasteiger partial charge in [-0.1, -0.05) is 20.8 Å². The molecule has 0 bridgehead atoms. The molecule has 0 spiro atoms. The summed E-state index contributed by atoms with van der Waals surface area (Å²) in [6, 6.07) is -0.642. The third-order valence-electron chi connectivity index (χ3n) is 2.75. The second-order valence-electron chi connectivity index (χ2n) is 4.72. The minimum atomic E-state index is -0.959. The molecule has 0 aliphatic heterocycles. The standard InChI is InChI=1S/C12H24N2O3/c1-6-12(5,13)11(16)14-9(8(3)4)10(15)17-7-2/h8-9H,6-7,13H2,1-5H3,(H,14,16)/t9-,12-/m0/s1. The van der Waals surface area contributed by atoms with Crippen LogP contribution in [0.5, 0.6) is 0 Å². The van der Waals surface area contributed by atoms with Gasteiger partial charge in [-0.25, -0.2) is 4.79 Å². The zero-order valence-electron chi connectivity index (χ0n) is 11.4. The Morgan fingerprint density at radius 1 is 1.35 bits per heavy atom. The molecule has 0 fully saturated rings. The predicted molar refractivity (Wildman–Crippen MR) is 66.3 cm³/mol. The number of carbonyl (C=O) groups is 2. The molecule has 3 N–H and O–H groups in total. The SMILES string of the molecule is CCOC(=O)[C@@H](NC(=O)[C@@](C)(N)CC)C(C)C. The first-order chi connectivity index (χ1) is 7.76. The smallest absolute Gasteiger partial charge is 0.328 e. The third-order valence-corrected chi connectivity index (χ3v) is 2.75. The molecule has 2 atom stereocenters. The summed E-state index contributed by atoms with van der Waals surface area (Å²) in [5.41, 5.74) is 4.86. The van der Waals surface area contributed by atoms with Gasteiger partial charge in [-0.05, 0) is 26.2 Å². The lowest BCUT2D eigenvalue weighted by molar-refractivity contribution is -0.149. The molecule has 0 aromatic rings. The number of nitrogens with two attached hydrogens (primary N) is 1. The van der Waals surface area contributed by atoms with E-state index in [4.69, 9.17) is 10.5 Å². The highest BCUT2D eigenvalue weighted by molar-refractivity contribution is 5.90. The van der Waals surface area contributed by atoms with Gasteiger partial charge in [0.15, 0.2) is 0 Å². The van der Waals surface area contributed by atoms with E-state index in [2.05, 4.69) is 5.32 Å². The van der Waals surface area contributed by atoms with Gasteiger partial charge in [-0.3, -0.25) is 4.79 Å². The molecule has 0 aliphatic carbocycles. The summed E-state index contributed by atoms with van der Waals surface area (Å²) in [6.07, 6.45) is 0.506. The van der Waals surface area contributed by atoms with Crippen molar-refractivity contribution in [3.05, 3.63) is 0 Å². The maximum atomic E-state index is 11.9. The number of hydrogen-bond acceptors (Lipinski definition) is 4. The Morgan fingerprint density at radius 3 is 2.24 bits per heavy atom. The van der Waals surface area contributed by atoms with Crippen molar-refractivity contribution in [3.63, 3.8) is 0 Å². The average Bonchev–Trinajstić information content (AvgIpc) is 2.25. The van der Waals surface area contributed by atoms with Gasteiger partial charge in [0.25, 0.3) is 0 Å². The van der Waals surface area contributed by atoms with Gasteiger partial charge in [0.05, 0.1) is 12.1 Å². The van der Waals surface area contributed by atoms with Crippen LogP contribution in [0, 0.1) is 5.92 Å². The molecule has 0 unspecified atom stereocenters.